The number of ether oxygens (including phenoxy) is 1. The maximum atomic E-state index is 11.8. The first kappa shape index (κ1) is 11.8. The Labute approximate surface area is 85.8 Å². The van der Waals surface area contributed by atoms with E-state index in [0.29, 0.717) is 11.3 Å². The molecule has 0 aliphatic rings. The summed E-state index contributed by atoms with van der Waals surface area (Å²) in [5.74, 6) is 0. The van der Waals surface area contributed by atoms with Gasteiger partial charge in [-0.15, -0.1) is 0 Å². The average molecular weight is 219 g/mol. The average Bonchev–Trinajstić information content (AvgIpc) is 2.13. The summed E-state index contributed by atoms with van der Waals surface area (Å²) in [6, 6.07) is 6.93. The Hall–Kier alpha value is -1.23. The fourth-order valence-electron chi connectivity index (χ4n) is 1.04. The van der Waals surface area contributed by atoms with Crippen LogP contribution >= 0.6 is 0 Å². The topological polar surface area (TPSA) is 35.2 Å². The molecule has 0 aliphatic carbocycles. The third kappa shape index (κ3) is 4.69. The highest BCUT2D eigenvalue weighted by molar-refractivity contribution is 5.45. The minimum atomic E-state index is -4.16. The van der Waals surface area contributed by atoms with Gasteiger partial charge in [0, 0.05) is 11.3 Å². The fraction of sp³-hybridized carbons (Fsp3) is 0.400. The Morgan fingerprint density at radius 3 is 2.47 bits per heavy atom. The Morgan fingerprint density at radius 1 is 1.20 bits per heavy atom. The molecule has 0 saturated heterocycles. The molecule has 84 valence electrons. The van der Waals surface area contributed by atoms with Gasteiger partial charge >= 0.3 is 6.18 Å². The Balaban J connectivity index is 2.30. The van der Waals surface area contributed by atoms with Gasteiger partial charge in [-0.3, -0.25) is 0 Å². The van der Waals surface area contributed by atoms with Crippen LogP contribution in [-0.4, -0.2) is 12.8 Å². The lowest BCUT2D eigenvalue weighted by molar-refractivity contribution is -0.146. The first-order valence-corrected chi connectivity index (χ1v) is 4.47. The number of anilines is 1. The van der Waals surface area contributed by atoms with Crippen molar-refractivity contribution >= 4 is 5.69 Å². The molecule has 2 nitrogen and oxygen atoms in total. The van der Waals surface area contributed by atoms with E-state index in [1.807, 2.05) is 0 Å². The molecule has 1 rings (SSSR count). The van der Waals surface area contributed by atoms with E-state index in [1.54, 1.807) is 24.3 Å². The molecular formula is C10H12F3NO. The quantitative estimate of drug-likeness (QED) is 0.624. The van der Waals surface area contributed by atoms with Crippen LogP contribution in [0.2, 0.25) is 0 Å². The lowest BCUT2D eigenvalue weighted by atomic mass is 10.2. The zero-order valence-electron chi connectivity index (χ0n) is 8.05. The van der Waals surface area contributed by atoms with Gasteiger partial charge in [0.15, 0.2) is 0 Å². The van der Waals surface area contributed by atoms with Crippen LogP contribution in [0.1, 0.15) is 12.0 Å². The summed E-state index contributed by atoms with van der Waals surface area (Å²) in [5.41, 5.74) is 6.83. The second kappa shape index (κ2) is 5.02. The van der Waals surface area contributed by atoms with Crippen molar-refractivity contribution in [1.82, 2.24) is 0 Å². The Morgan fingerprint density at radius 2 is 1.87 bits per heavy atom. The molecular weight excluding hydrogens is 207 g/mol. The molecule has 2 N–H and O–H groups in total. The van der Waals surface area contributed by atoms with Crippen molar-refractivity contribution in [3.05, 3.63) is 29.8 Å². The third-order valence-electron chi connectivity index (χ3n) is 1.84. The Bertz CT molecular complexity index is 312. The van der Waals surface area contributed by atoms with E-state index < -0.39 is 12.6 Å². The van der Waals surface area contributed by atoms with E-state index in [-0.39, 0.29) is 13.2 Å². The molecule has 0 aromatic heterocycles. The summed E-state index contributed by atoms with van der Waals surface area (Å²) in [5, 5.41) is 0. The number of nitrogens with two attached hydrogens (primary N) is 1. The number of para-hydroxylation sites is 1. The van der Waals surface area contributed by atoms with Crippen molar-refractivity contribution in [2.45, 2.75) is 19.2 Å². The third-order valence-corrected chi connectivity index (χ3v) is 1.84. The van der Waals surface area contributed by atoms with Crippen LogP contribution in [0.3, 0.4) is 0 Å². The molecule has 0 unspecified atom stereocenters. The maximum absolute atomic E-state index is 11.8. The molecule has 1 aromatic rings. The van der Waals surface area contributed by atoms with E-state index >= 15 is 0 Å². The van der Waals surface area contributed by atoms with Crippen LogP contribution in [0.4, 0.5) is 18.9 Å². The number of halogens is 3. The van der Waals surface area contributed by atoms with Crippen LogP contribution in [-0.2, 0) is 11.3 Å². The highest BCUT2D eigenvalue weighted by Crippen LogP contribution is 2.19. The summed E-state index contributed by atoms with van der Waals surface area (Å²) in [7, 11) is 0. The van der Waals surface area contributed by atoms with Crippen LogP contribution in [0.5, 0.6) is 0 Å². The zero-order chi connectivity index (χ0) is 11.3. The smallest absolute Gasteiger partial charge is 0.391 e. The van der Waals surface area contributed by atoms with E-state index in [2.05, 4.69) is 0 Å². The minimum absolute atomic E-state index is 0.114. The molecule has 0 bridgehead atoms. The van der Waals surface area contributed by atoms with Crippen LogP contribution in [0.25, 0.3) is 0 Å². The van der Waals surface area contributed by atoms with Crippen LogP contribution < -0.4 is 5.73 Å². The van der Waals surface area contributed by atoms with Crippen molar-refractivity contribution in [2.75, 3.05) is 12.3 Å². The van der Waals surface area contributed by atoms with E-state index in [9.17, 15) is 13.2 Å². The molecule has 5 heteroatoms. The van der Waals surface area contributed by atoms with Crippen molar-refractivity contribution in [3.63, 3.8) is 0 Å². The monoisotopic (exact) mass is 219 g/mol. The van der Waals surface area contributed by atoms with E-state index in [4.69, 9.17) is 10.5 Å². The van der Waals surface area contributed by atoms with Gasteiger partial charge in [0.2, 0.25) is 0 Å². The lowest BCUT2D eigenvalue weighted by Crippen LogP contribution is -2.11. The molecule has 0 radical (unpaired) electrons. The van der Waals surface area contributed by atoms with Gasteiger partial charge in [0.1, 0.15) is 0 Å². The lowest BCUT2D eigenvalue weighted by Gasteiger charge is -2.08. The van der Waals surface area contributed by atoms with Crippen molar-refractivity contribution in [2.24, 2.45) is 0 Å². The molecule has 0 spiro atoms. The number of alkyl halides is 3. The molecule has 15 heavy (non-hydrogen) atoms. The number of hydrogen-bond donors (Lipinski definition) is 1. The summed E-state index contributed by atoms with van der Waals surface area (Å²) in [6.07, 6.45) is -5.10. The summed E-state index contributed by atoms with van der Waals surface area (Å²) >= 11 is 0. The number of rotatable bonds is 4. The van der Waals surface area contributed by atoms with Gasteiger partial charge in [-0.05, 0) is 6.07 Å². The Kier molecular flexibility index (Phi) is 3.96. The van der Waals surface area contributed by atoms with Crippen LogP contribution in [0, 0.1) is 0 Å². The van der Waals surface area contributed by atoms with Gasteiger partial charge in [0.05, 0.1) is 19.6 Å². The summed E-state index contributed by atoms with van der Waals surface area (Å²) in [6.45, 7) is -0.222. The van der Waals surface area contributed by atoms with E-state index in [0.717, 1.165) is 0 Å². The molecule has 0 amide bonds. The standard InChI is InChI=1S/C10H12F3NO/c11-10(12,13)5-6-15-7-8-3-1-2-4-9(8)14/h1-4H,5-7,14H2. The van der Waals surface area contributed by atoms with Crippen molar-refractivity contribution in [3.8, 4) is 0 Å². The predicted molar refractivity (Wildman–Crippen MR) is 51.2 cm³/mol. The minimum Gasteiger partial charge on any atom is -0.398 e. The molecule has 0 saturated carbocycles. The predicted octanol–water partition coefficient (Wildman–Crippen LogP) is 2.74. The van der Waals surface area contributed by atoms with Gasteiger partial charge in [-0.25, -0.2) is 0 Å². The first-order chi connectivity index (χ1) is 6.99. The maximum Gasteiger partial charge on any atom is 0.391 e. The summed E-state index contributed by atoms with van der Waals surface area (Å²) in [4.78, 5) is 0. The molecule has 0 heterocycles. The number of hydrogen-bond acceptors (Lipinski definition) is 2. The first-order valence-electron chi connectivity index (χ1n) is 4.47. The van der Waals surface area contributed by atoms with Gasteiger partial charge in [-0.1, -0.05) is 18.2 Å². The summed E-state index contributed by atoms with van der Waals surface area (Å²) < 4.78 is 40.1. The number of benzene rings is 1. The highest BCUT2D eigenvalue weighted by Gasteiger charge is 2.26. The van der Waals surface area contributed by atoms with Crippen LogP contribution in [0.15, 0.2) is 24.3 Å². The van der Waals surface area contributed by atoms with Gasteiger partial charge in [0.25, 0.3) is 0 Å². The zero-order valence-corrected chi connectivity index (χ0v) is 8.05. The molecule has 0 aliphatic heterocycles. The molecule has 1 aromatic carbocycles. The molecule has 0 fully saturated rings. The molecule has 0 atom stereocenters. The SMILES string of the molecule is Nc1ccccc1COCCC(F)(F)F. The van der Waals surface area contributed by atoms with Gasteiger partial charge < -0.3 is 10.5 Å². The largest absolute Gasteiger partial charge is 0.398 e. The second-order valence-electron chi connectivity index (χ2n) is 3.12. The number of nitrogen functional groups attached to an aromatic ring is 1. The van der Waals surface area contributed by atoms with Gasteiger partial charge in [-0.2, -0.15) is 13.2 Å². The highest BCUT2D eigenvalue weighted by atomic mass is 19.4. The fourth-order valence-corrected chi connectivity index (χ4v) is 1.04. The van der Waals surface area contributed by atoms with Crippen molar-refractivity contribution < 1.29 is 17.9 Å². The second-order valence-corrected chi connectivity index (χ2v) is 3.12. The van der Waals surface area contributed by atoms with E-state index in [1.165, 1.54) is 0 Å². The normalized spacial score (nSPS) is 11.7. The van der Waals surface area contributed by atoms with Crippen molar-refractivity contribution in [1.29, 1.82) is 0 Å².